The van der Waals surface area contributed by atoms with Gasteiger partial charge in [0.25, 0.3) is 0 Å². The van der Waals surface area contributed by atoms with E-state index in [4.69, 9.17) is 0 Å². The Morgan fingerprint density at radius 3 is 2.00 bits per heavy atom. The third-order valence-corrected chi connectivity index (χ3v) is 7.53. The summed E-state index contributed by atoms with van der Waals surface area (Å²) in [5.74, 6) is -0.382. The summed E-state index contributed by atoms with van der Waals surface area (Å²) in [4.78, 5) is 13.1. The van der Waals surface area contributed by atoms with Crippen molar-refractivity contribution in [3.8, 4) is 0 Å². The summed E-state index contributed by atoms with van der Waals surface area (Å²) in [5.41, 5.74) is 5.60. The number of carbonyl (C=O) groups is 1. The van der Waals surface area contributed by atoms with Crippen LogP contribution in [0, 0.1) is 27.7 Å². The van der Waals surface area contributed by atoms with Crippen LogP contribution in [0.5, 0.6) is 0 Å². The Morgan fingerprint density at radius 1 is 0.875 bits per heavy atom. The number of halogens is 1. The molecular weight excluding hydrogens is 488 g/mol. The fraction of sp³-hybridized carbons (Fsp3) is 0.240. The fourth-order valence-corrected chi connectivity index (χ4v) is 5.24. The summed E-state index contributed by atoms with van der Waals surface area (Å²) in [6.07, 6.45) is 0. The number of nitrogens with zero attached hydrogens (tertiary/aromatic N) is 1. The van der Waals surface area contributed by atoms with Crippen LogP contribution >= 0.6 is 15.9 Å². The van der Waals surface area contributed by atoms with Crippen molar-refractivity contribution in [1.29, 1.82) is 0 Å². The molecule has 0 unspecified atom stereocenters. The molecule has 0 fully saturated rings. The molecule has 0 aliphatic rings. The number of aryl methyl sites for hydroxylation is 4. The van der Waals surface area contributed by atoms with Crippen LogP contribution in [0.15, 0.2) is 70.0 Å². The highest BCUT2D eigenvalue weighted by molar-refractivity contribution is 9.10. The molecule has 0 atom stereocenters. The molecule has 0 radical (unpaired) electrons. The van der Waals surface area contributed by atoms with Gasteiger partial charge in [0.1, 0.15) is 0 Å². The standard InChI is InChI=1S/C25H27BrN2O3S/c1-17-5-7-21(8-6-17)15-28(32(30,31)23-11-9-22(26)10-12-23)16-24(29)27-25-19(3)13-18(2)14-20(25)4/h5-14H,15-16H2,1-4H3,(H,27,29). The van der Waals surface area contributed by atoms with Crippen molar-refractivity contribution in [3.05, 3.63) is 93.0 Å². The van der Waals surface area contributed by atoms with E-state index < -0.39 is 10.0 Å². The van der Waals surface area contributed by atoms with E-state index in [2.05, 4.69) is 21.2 Å². The Bertz CT molecular complexity index is 1200. The first-order valence-electron chi connectivity index (χ1n) is 10.3. The zero-order valence-electron chi connectivity index (χ0n) is 18.6. The Kier molecular flexibility index (Phi) is 7.54. The number of carbonyl (C=O) groups excluding carboxylic acids is 1. The third-order valence-electron chi connectivity index (χ3n) is 5.19. The minimum absolute atomic E-state index is 0.0952. The van der Waals surface area contributed by atoms with Gasteiger partial charge in [-0.25, -0.2) is 8.42 Å². The van der Waals surface area contributed by atoms with E-state index in [0.717, 1.165) is 38.0 Å². The lowest BCUT2D eigenvalue weighted by atomic mass is 10.1. The lowest BCUT2D eigenvalue weighted by Crippen LogP contribution is -2.37. The molecule has 3 aromatic carbocycles. The molecule has 0 saturated carbocycles. The van der Waals surface area contributed by atoms with Gasteiger partial charge in [-0.15, -0.1) is 0 Å². The first kappa shape index (κ1) is 24.2. The van der Waals surface area contributed by atoms with Crippen molar-refractivity contribution < 1.29 is 13.2 Å². The van der Waals surface area contributed by atoms with Gasteiger partial charge in [0.15, 0.2) is 0 Å². The minimum Gasteiger partial charge on any atom is -0.324 e. The molecule has 3 aromatic rings. The largest absolute Gasteiger partial charge is 0.324 e. The number of nitrogens with one attached hydrogen (secondary N) is 1. The highest BCUT2D eigenvalue weighted by Gasteiger charge is 2.27. The quantitative estimate of drug-likeness (QED) is 0.451. The van der Waals surface area contributed by atoms with Gasteiger partial charge in [-0.05, 0) is 68.7 Å². The van der Waals surface area contributed by atoms with Crippen molar-refractivity contribution >= 4 is 37.5 Å². The molecule has 5 nitrogen and oxygen atoms in total. The van der Waals surface area contributed by atoms with E-state index in [1.54, 1.807) is 12.1 Å². The number of sulfonamides is 1. The van der Waals surface area contributed by atoms with Crippen LogP contribution in [0.3, 0.4) is 0 Å². The van der Waals surface area contributed by atoms with Crippen molar-refractivity contribution in [3.63, 3.8) is 0 Å². The highest BCUT2D eigenvalue weighted by atomic mass is 79.9. The molecule has 0 aliphatic carbocycles. The summed E-state index contributed by atoms with van der Waals surface area (Å²) in [5, 5.41) is 2.91. The van der Waals surface area contributed by atoms with Crippen LogP contribution in [-0.2, 0) is 21.4 Å². The smallest absolute Gasteiger partial charge is 0.243 e. The van der Waals surface area contributed by atoms with Crippen molar-refractivity contribution in [1.82, 2.24) is 4.31 Å². The summed E-state index contributed by atoms with van der Waals surface area (Å²) in [7, 11) is -3.89. The molecule has 1 amide bonds. The van der Waals surface area contributed by atoms with Gasteiger partial charge in [0.2, 0.25) is 15.9 Å². The van der Waals surface area contributed by atoms with Crippen molar-refractivity contribution in [2.24, 2.45) is 0 Å². The second-order valence-corrected chi connectivity index (χ2v) is 10.9. The van der Waals surface area contributed by atoms with Gasteiger partial charge >= 0.3 is 0 Å². The maximum absolute atomic E-state index is 13.4. The second-order valence-electron chi connectivity index (χ2n) is 8.03. The lowest BCUT2D eigenvalue weighted by Gasteiger charge is -2.23. The average Bonchev–Trinajstić information content (AvgIpc) is 2.72. The monoisotopic (exact) mass is 514 g/mol. The third kappa shape index (κ3) is 5.85. The first-order chi connectivity index (χ1) is 15.1. The molecule has 3 rings (SSSR count). The zero-order chi connectivity index (χ0) is 23.5. The summed E-state index contributed by atoms with van der Waals surface area (Å²) >= 11 is 3.33. The average molecular weight is 515 g/mol. The van der Waals surface area contributed by atoms with Gasteiger partial charge in [0, 0.05) is 16.7 Å². The van der Waals surface area contributed by atoms with E-state index in [-0.39, 0.29) is 23.9 Å². The van der Waals surface area contributed by atoms with Gasteiger partial charge in [-0.2, -0.15) is 4.31 Å². The molecule has 0 spiro atoms. The topological polar surface area (TPSA) is 66.5 Å². The van der Waals surface area contributed by atoms with E-state index >= 15 is 0 Å². The van der Waals surface area contributed by atoms with Crippen LogP contribution in [-0.4, -0.2) is 25.2 Å². The molecule has 0 aromatic heterocycles. The van der Waals surface area contributed by atoms with E-state index in [1.165, 1.54) is 16.4 Å². The molecule has 0 bridgehead atoms. The molecule has 32 heavy (non-hydrogen) atoms. The molecule has 0 heterocycles. The lowest BCUT2D eigenvalue weighted by molar-refractivity contribution is -0.116. The van der Waals surface area contributed by atoms with E-state index in [1.807, 2.05) is 64.1 Å². The molecule has 7 heteroatoms. The predicted octanol–water partition coefficient (Wildman–Crippen LogP) is 5.51. The molecule has 0 saturated heterocycles. The SMILES string of the molecule is Cc1ccc(CN(CC(=O)Nc2c(C)cc(C)cc2C)S(=O)(=O)c2ccc(Br)cc2)cc1. The summed E-state index contributed by atoms with van der Waals surface area (Å²) < 4.78 is 28.8. The molecule has 168 valence electrons. The molecule has 1 N–H and O–H groups in total. The van der Waals surface area contributed by atoms with E-state index in [9.17, 15) is 13.2 Å². The Balaban J connectivity index is 1.90. The Morgan fingerprint density at radius 2 is 1.44 bits per heavy atom. The Hall–Kier alpha value is -2.48. The van der Waals surface area contributed by atoms with Crippen LogP contribution < -0.4 is 5.32 Å². The molecule has 0 aliphatic heterocycles. The van der Waals surface area contributed by atoms with Crippen molar-refractivity contribution in [2.75, 3.05) is 11.9 Å². The highest BCUT2D eigenvalue weighted by Crippen LogP contribution is 2.24. The number of amides is 1. The van der Waals surface area contributed by atoms with Crippen molar-refractivity contribution in [2.45, 2.75) is 39.1 Å². The number of rotatable bonds is 7. The number of anilines is 1. The van der Waals surface area contributed by atoms with Gasteiger partial charge in [-0.3, -0.25) is 4.79 Å². The predicted molar refractivity (Wildman–Crippen MR) is 132 cm³/mol. The molecular formula is C25H27BrN2O3S. The minimum atomic E-state index is -3.89. The van der Waals surface area contributed by atoms with E-state index in [0.29, 0.717) is 0 Å². The Labute approximate surface area is 198 Å². The van der Waals surface area contributed by atoms with Crippen LogP contribution in [0.4, 0.5) is 5.69 Å². The van der Waals surface area contributed by atoms with Gasteiger partial charge in [-0.1, -0.05) is 63.5 Å². The van der Waals surface area contributed by atoms with Crippen LogP contribution in [0.1, 0.15) is 27.8 Å². The van der Waals surface area contributed by atoms with Gasteiger partial charge < -0.3 is 5.32 Å². The summed E-state index contributed by atoms with van der Waals surface area (Å²) in [6, 6.07) is 18.0. The second kappa shape index (κ2) is 9.98. The zero-order valence-corrected chi connectivity index (χ0v) is 21.0. The normalized spacial score (nSPS) is 11.6. The maximum Gasteiger partial charge on any atom is 0.243 e. The number of hydrogen-bond donors (Lipinski definition) is 1. The van der Waals surface area contributed by atoms with Gasteiger partial charge in [0.05, 0.1) is 11.4 Å². The fourth-order valence-electron chi connectivity index (χ4n) is 3.59. The van der Waals surface area contributed by atoms with Crippen LogP contribution in [0.25, 0.3) is 0 Å². The van der Waals surface area contributed by atoms with Crippen LogP contribution in [0.2, 0.25) is 0 Å². The number of hydrogen-bond acceptors (Lipinski definition) is 3. The first-order valence-corrected chi connectivity index (χ1v) is 12.5. The summed E-state index contributed by atoms with van der Waals surface area (Å²) in [6.45, 7) is 7.63. The maximum atomic E-state index is 13.4. The number of benzene rings is 3.